The Morgan fingerprint density at radius 2 is 2.00 bits per heavy atom. The van der Waals surface area contributed by atoms with Crippen LogP contribution in [0.15, 0.2) is 24.3 Å². The number of carboxylic acids is 1. The first-order chi connectivity index (χ1) is 12.1. The molecule has 1 fully saturated rings. The van der Waals surface area contributed by atoms with Crippen molar-refractivity contribution in [3.63, 3.8) is 0 Å². The maximum absolute atomic E-state index is 12.8. The van der Waals surface area contributed by atoms with Crippen LogP contribution in [-0.4, -0.2) is 45.4 Å². The van der Waals surface area contributed by atoms with Gasteiger partial charge in [0.2, 0.25) is 11.8 Å². The molecule has 0 bridgehead atoms. The van der Waals surface area contributed by atoms with Crippen LogP contribution < -0.4 is 16.2 Å². The number of carboxylic acid groups (broad SMARTS) is 1. The molecule has 3 rings (SSSR count). The molecule has 0 radical (unpaired) electrons. The fraction of sp³-hybridized carbons (Fsp3) is 0.412. The first-order valence-corrected chi connectivity index (χ1v) is 8.90. The molecular weight excluding hydrogens is 358 g/mol. The van der Waals surface area contributed by atoms with Gasteiger partial charge in [0.15, 0.2) is 0 Å². The highest BCUT2D eigenvalue weighted by Crippen LogP contribution is 2.56. The third-order valence-corrected chi connectivity index (χ3v) is 6.09. The Labute approximate surface area is 154 Å². The summed E-state index contributed by atoms with van der Waals surface area (Å²) in [6.45, 7) is 3.64. The van der Waals surface area contributed by atoms with E-state index in [1.54, 1.807) is 12.1 Å². The highest BCUT2D eigenvalue weighted by atomic mass is 32.2. The van der Waals surface area contributed by atoms with E-state index in [0.717, 1.165) is 5.56 Å². The molecule has 0 aromatic heterocycles. The molecule has 1 aromatic carbocycles. The molecule has 3 N–H and O–H groups in total. The van der Waals surface area contributed by atoms with E-state index in [0.29, 0.717) is 5.56 Å². The van der Waals surface area contributed by atoms with Crippen LogP contribution in [0.4, 0.5) is 0 Å². The third-order valence-electron chi connectivity index (χ3n) is 4.55. The van der Waals surface area contributed by atoms with E-state index in [1.807, 2.05) is 26.0 Å². The second-order valence-electron chi connectivity index (χ2n) is 6.83. The van der Waals surface area contributed by atoms with Gasteiger partial charge in [-0.05, 0) is 25.5 Å². The van der Waals surface area contributed by atoms with Crippen molar-refractivity contribution in [1.82, 2.24) is 10.2 Å². The minimum absolute atomic E-state index is 0.274. The maximum Gasteiger partial charge on any atom is 0.256 e. The van der Waals surface area contributed by atoms with Crippen molar-refractivity contribution in [3.05, 3.63) is 35.4 Å². The van der Waals surface area contributed by atoms with E-state index in [9.17, 15) is 24.3 Å². The van der Waals surface area contributed by atoms with Crippen molar-refractivity contribution in [2.24, 2.45) is 5.73 Å². The normalized spacial score (nSPS) is 23.9. The van der Waals surface area contributed by atoms with Crippen LogP contribution in [0.1, 0.15) is 41.6 Å². The molecule has 2 heterocycles. The summed E-state index contributed by atoms with van der Waals surface area (Å²) < 4.78 is -0.652. The summed E-state index contributed by atoms with van der Waals surface area (Å²) in [5, 5.41) is 13.2. The van der Waals surface area contributed by atoms with Crippen LogP contribution in [0, 0.1) is 0 Å². The zero-order valence-electron chi connectivity index (χ0n) is 14.2. The van der Waals surface area contributed by atoms with Gasteiger partial charge in [-0.25, -0.2) is 0 Å². The molecule has 8 nitrogen and oxygen atoms in total. The van der Waals surface area contributed by atoms with Gasteiger partial charge in [0, 0.05) is 10.3 Å². The van der Waals surface area contributed by atoms with Gasteiger partial charge in [-0.1, -0.05) is 18.2 Å². The summed E-state index contributed by atoms with van der Waals surface area (Å²) >= 11 is 1.46. The Hall–Kier alpha value is -2.55. The van der Waals surface area contributed by atoms with Crippen molar-refractivity contribution in [3.8, 4) is 0 Å². The lowest BCUT2D eigenvalue weighted by atomic mass is 10.00. The molecule has 3 amide bonds. The van der Waals surface area contributed by atoms with E-state index in [1.165, 1.54) is 16.7 Å². The van der Waals surface area contributed by atoms with Crippen molar-refractivity contribution < 1.29 is 24.3 Å². The topological polar surface area (TPSA) is 133 Å². The number of hydrogen-bond acceptors (Lipinski definition) is 6. The number of amides is 3. The maximum atomic E-state index is 12.8. The molecule has 26 heavy (non-hydrogen) atoms. The summed E-state index contributed by atoms with van der Waals surface area (Å²) in [6.07, 6.45) is -0.577. The van der Waals surface area contributed by atoms with Gasteiger partial charge in [0.25, 0.3) is 5.91 Å². The Morgan fingerprint density at radius 3 is 2.62 bits per heavy atom. The molecule has 0 aliphatic carbocycles. The summed E-state index contributed by atoms with van der Waals surface area (Å²) in [6, 6.07) is 4.69. The fourth-order valence-corrected chi connectivity index (χ4v) is 5.04. The zero-order valence-corrected chi connectivity index (χ0v) is 15.0. The minimum atomic E-state index is -1.60. The predicted octanol–water partition coefficient (Wildman–Crippen LogP) is -0.855. The molecule has 2 aliphatic rings. The Kier molecular flexibility index (Phi) is 4.43. The monoisotopic (exact) mass is 376 g/mol. The Bertz CT molecular complexity index is 809. The standard InChI is InChI=1S/C17H19N3O5S/c1-17(2)12(13(22)19-10(16(24)25)7-11(18)21)20-14(23)8-5-3-4-6-9(8)15(20)26-17/h3-6,10,12,15H,7H2,1-2H3,(H2,18,21)(H,19,22)(H,24,25)/p-1/t10-,12+,15-/m0/s1. The second kappa shape index (κ2) is 6.31. The molecule has 1 saturated heterocycles. The Morgan fingerprint density at radius 1 is 1.35 bits per heavy atom. The van der Waals surface area contributed by atoms with E-state index in [4.69, 9.17) is 5.73 Å². The van der Waals surface area contributed by atoms with Gasteiger partial charge in [-0.2, -0.15) is 0 Å². The van der Waals surface area contributed by atoms with Crippen molar-refractivity contribution in [1.29, 1.82) is 0 Å². The molecule has 9 heteroatoms. The number of rotatable bonds is 5. The van der Waals surface area contributed by atoms with Crippen LogP contribution in [0.5, 0.6) is 0 Å². The zero-order chi connectivity index (χ0) is 19.2. The van der Waals surface area contributed by atoms with E-state index in [2.05, 4.69) is 5.32 Å². The first-order valence-electron chi connectivity index (χ1n) is 8.02. The number of nitrogens with one attached hydrogen (secondary N) is 1. The summed E-state index contributed by atoms with van der Waals surface area (Å²) in [5.41, 5.74) is 6.40. The molecule has 0 saturated carbocycles. The third kappa shape index (κ3) is 2.92. The number of carbonyl (C=O) groups excluding carboxylic acids is 4. The van der Waals surface area contributed by atoms with Crippen molar-refractivity contribution >= 4 is 35.5 Å². The Balaban J connectivity index is 1.89. The average molecular weight is 376 g/mol. The highest BCUT2D eigenvalue weighted by Gasteiger charge is 2.57. The van der Waals surface area contributed by atoms with Gasteiger partial charge in [0.1, 0.15) is 11.4 Å². The highest BCUT2D eigenvalue weighted by molar-refractivity contribution is 8.01. The summed E-state index contributed by atoms with van der Waals surface area (Å²) in [7, 11) is 0. The van der Waals surface area contributed by atoms with Crippen LogP contribution in [0.25, 0.3) is 0 Å². The quantitative estimate of drug-likeness (QED) is 0.687. The van der Waals surface area contributed by atoms with Crippen LogP contribution in [0.3, 0.4) is 0 Å². The lowest BCUT2D eigenvalue weighted by Gasteiger charge is -2.31. The smallest absolute Gasteiger partial charge is 0.256 e. The molecular formula is C17H18N3O5S-. The summed E-state index contributed by atoms with van der Waals surface area (Å²) in [5.74, 6) is -3.40. The number of hydrogen-bond donors (Lipinski definition) is 2. The number of thioether (sulfide) groups is 1. The van der Waals surface area contributed by atoms with E-state index in [-0.39, 0.29) is 11.3 Å². The van der Waals surface area contributed by atoms with Crippen LogP contribution >= 0.6 is 11.8 Å². The molecule has 138 valence electrons. The molecule has 0 unspecified atom stereocenters. The first kappa shape index (κ1) is 18.2. The second-order valence-corrected chi connectivity index (χ2v) is 8.56. The van der Waals surface area contributed by atoms with Gasteiger partial charge >= 0.3 is 0 Å². The fourth-order valence-electron chi connectivity index (χ4n) is 3.45. The van der Waals surface area contributed by atoms with E-state index < -0.39 is 41.0 Å². The molecule has 1 aromatic rings. The predicted molar refractivity (Wildman–Crippen MR) is 91.6 cm³/mol. The van der Waals surface area contributed by atoms with Crippen molar-refractivity contribution in [2.75, 3.05) is 0 Å². The van der Waals surface area contributed by atoms with Gasteiger partial charge in [-0.3, -0.25) is 14.4 Å². The molecule has 3 atom stereocenters. The SMILES string of the molecule is CC1(C)S[C@H]2c3ccccc3C(=O)N2[C@@H]1C(=O)N[C@@H](CC(N)=O)C(=O)[O-]. The lowest BCUT2D eigenvalue weighted by Crippen LogP contribution is -2.58. The van der Waals surface area contributed by atoms with Crippen molar-refractivity contribution in [2.45, 2.75) is 42.5 Å². The lowest BCUT2D eigenvalue weighted by molar-refractivity contribution is -0.308. The molecule has 2 aliphatic heterocycles. The summed E-state index contributed by atoms with van der Waals surface area (Å²) in [4.78, 5) is 49.4. The van der Waals surface area contributed by atoms with Gasteiger partial charge in [0.05, 0.1) is 18.4 Å². The van der Waals surface area contributed by atoms with Gasteiger partial charge < -0.3 is 25.9 Å². The number of aliphatic carboxylic acids is 1. The number of primary amides is 1. The number of nitrogens with zero attached hydrogens (tertiary/aromatic N) is 1. The average Bonchev–Trinajstić information content (AvgIpc) is 2.97. The number of benzene rings is 1. The minimum Gasteiger partial charge on any atom is -0.548 e. The van der Waals surface area contributed by atoms with Gasteiger partial charge in [-0.15, -0.1) is 11.8 Å². The number of nitrogens with two attached hydrogens (primary N) is 1. The number of fused-ring (bicyclic) bond motifs is 3. The van der Waals surface area contributed by atoms with Crippen LogP contribution in [-0.2, 0) is 14.4 Å². The largest absolute Gasteiger partial charge is 0.548 e. The van der Waals surface area contributed by atoms with E-state index >= 15 is 0 Å². The molecule has 0 spiro atoms. The van der Waals surface area contributed by atoms with Crippen LogP contribution in [0.2, 0.25) is 0 Å². The number of carbonyl (C=O) groups is 4.